The van der Waals surface area contributed by atoms with Crippen LogP contribution in [-0.2, 0) is 0 Å². The molecule has 1 aromatic heterocycles. The fourth-order valence-electron chi connectivity index (χ4n) is 1.34. The molecule has 0 N–H and O–H groups in total. The zero-order valence-corrected chi connectivity index (χ0v) is 7.06. The van der Waals surface area contributed by atoms with Crippen molar-refractivity contribution in [2.24, 2.45) is 0 Å². The molecule has 0 saturated heterocycles. The van der Waals surface area contributed by atoms with E-state index in [0.717, 1.165) is 17.8 Å². The minimum atomic E-state index is 0.772. The maximum Gasteiger partial charge on any atom is 0.150 e. The largest absolute Gasteiger partial charge is 0.298 e. The molecular formula is C9H10OS. The smallest absolute Gasteiger partial charge is 0.150 e. The fourth-order valence-corrected chi connectivity index (χ4v) is 2.37. The van der Waals surface area contributed by atoms with Gasteiger partial charge in [-0.25, -0.2) is 0 Å². The number of thiophene rings is 1. The van der Waals surface area contributed by atoms with Gasteiger partial charge in [0.05, 0.1) is 0 Å². The van der Waals surface area contributed by atoms with Crippen LogP contribution >= 0.6 is 11.3 Å². The lowest BCUT2D eigenvalue weighted by Gasteiger charge is -2.23. The Morgan fingerprint density at radius 3 is 2.82 bits per heavy atom. The lowest BCUT2D eigenvalue weighted by molar-refractivity contribution is 0.112. The molecule has 0 bridgehead atoms. The molecule has 0 spiro atoms. The molecule has 1 saturated carbocycles. The maximum absolute atomic E-state index is 10.4. The van der Waals surface area contributed by atoms with Crippen molar-refractivity contribution >= 4 is 17.6 Å². The second kappa shape index (κ2) is 2.78. The maximum atomic E-state index is 10.4. The van der Waals surface area contributed by atoms with Gasteiger partial charge in [-0.3, -0.25) is 4.79 Å². The van der Waals surface area contributed by atoms with Gasteiger partial charge in [0.2, 0.25) is 0 Å². The number of hydrogen-bond donors (Lipinski definition) is 0. The van der Waals surface area contributed by atoms with Gasteiger partial charge in [0.15, 0.2) is 6.29 Å². The first-order valence-corrected chi connectivity index (χ1v) is 4.82. The Morgan fingerprint density at radius 2 is 2.36 bits per heavy atom. The van der Waals surface area contributed by atoms with Crippen LogP contribution in [0, 0.1) is 0 Å². The number of aldehydes is 1. The first-order chi connectivity index (χ1) is 5.40. The molecule has 1 fully saturated rings. The fraction of sp³-hybridized carbons (Fsp3) is 0.444. The predicted molar refractivity (Wildman–Crippen MR) is 46.3 cm³/mol. The van der Waals surface area contributed by atoms with Gasteiger partial charge in [-0.1, -0.05) is 6.42 Å². The summed E-state index contributed by atoms with van der Waals surface area (Å²) < 4.78 is 0. The molecule has 1 nitrogen and oxygen atoms in total. The van der Waals surface area contributed by atoms with Gasteiger partial charge < -0.3 is 0 Å². The average Bonchev–Trinajstić information content (AvgIpc) is 2.32. The van der Waals surface area contributed by atoms with Crippen molar-refractivity contribution in [1.29, 1.82) is 0 Å². The topological polar surface area (TPSA) is 17.1 Å². The van der Waals surface area contributed by atoms with Gasteiger partial charge in [-0.15, -0.1) is 11.3 Å². The summed E-state index contributed by atoms with van der Waals surface area (Å²) >= 11 is 1.73. The van der Waals surface area contributed by atoms with Crippen LogP contribution in [0.4, 0.5) is 0 Å². The van der Waals surface area contributed by atoms with E-state index >= 15 is 0 Å². The van der Waals surface area contributed by atoms with Crippen molar-refractivity contribution in [2.45, 2.75) is 25.2 Å². The van der Waals surface area contributed by atoms with Crippen molar-refractivity contribution in [2.75, 3.05) is 0 Å². The molecule has 11 heavy (non-hydrogen) atoms. The van der Waals surface area contributed by atoms with Gasteiger partial charge in [-0.2, -0.15) is 0 Å². The van der Waals surface area contributed by atoms with Gasteiger partial charge in [0.1, 0.15) is 0 Å². The number of carbonyl (C=O) groups excluding carboxylic acids is 1. The van der Waals surface area contributed by atoms with E-state index < -0.39 is 0 Å². The summed E-state index contributed by atoms with van der Waals surface area (Å²) in [7, 11) is 0. The van der Waals surface area contributed by atoms with Gasteiger partial charge >= 0.3 is 0 Å². The molecule has 0 atom stereocenters. The summed E-state index contributed by atoms with van der Waals surface area (Å²) in [6, 6.07) is 2.03. The quantitative estimate of drug-likeness (QED) is 0.617. The highest BCUT2D eigenvalue weighted by Gasteiger charge is 2.20. The van der Waals surface area contributed by atoms with Crippen LogP contribution in [0.25, 0.3) is 0 Å². The normalized spacial score (nSPS) is 17.8. The molecule has 1 aliphatic carbocycles. The molecule has 0 aliphatic heterocycles. The van der Waals surface area contributed by atoms with E-state index in [-0.39, 0.29) is 0 Å². The van der Waals surface area contributed by atoms with E-state index in [1.165, 1.54) is 24.1 Å². The molecule has 2 heteroatoms. The summed E-state index contributed by atoms with van der Waals surface area (Å²) in [4.78, 5) is 11.8. The Morgan fingerprint density at radius 1 is 1.55 bits per heavy atom. The van der Waals surface area contributed by atoms with Crippen LogP contribution in [0.1, 0.15) is 40.4 Å². The summed E-state index contributed by atoms with van der Waals surface area (Å²) in [5.41, 5.74) is 0.844. The van der Waals surface area contributed by atoms with Crippen LogP contribution in [0.3, 0.4) is 0 Å². The van der Waals surface area contributed by atoms with E-state index in [0.29, 0.717) is 0 Å². The summed E-state index contributed by atoms with van der Waals surface area (Å²) in [5.74, 6) is 0.772. The minimum absolute atomic E-state index is 0.772. The summed E-state index contributed by atoms with van der Waals surface area (Å²) in [5, 5.41) is 1.95. The molecule has 2 rings (SSSR count). The van der Waals surface area contributed by atoms with E-state index in [1.807, 2.05) is 11.4 Å². The second-order valence-electron chi connectivity index (χ2n) is 3.03. The SMILES string of the molecule is O=Cc1csc(C2CCC2)c1. The minimum Gasteiger partial charge on any atom is -0.298 e. The van der Waals surface area contributed by atoms with Crippen molar-refractivity contribution < 1.29 is 4.79 Å². The molecule has 0 radical (unpaired) electrons. The lowest BCUT2D eigenvalue weighted by Crippen LogP contribution is -2.06. The van der Waals surface area contributed by atoms with Gasteiger partial charge in [-0.05, 0) is 24.8 Å². The first kappa shape index (κ1) is 7.04. The van der Waals surface area contributed by atoms with Crippen molar-refractivity contribution in [3.8, 4) is 0 Å². The van der Waals surface area contributed by atoms with Crippen molar-refractivity contribution in [3.05, 3.63) is 21.9 Å². The molecular weight excluding hydrogens is 156 g/mol. The van der Waals surface area contributed by atoms with Crippen LogP contribution in [-0.4, -0.2) is 6.29 Å². The lowest BCUT2D eigenvalue weighted by atomic mass is 9.84. The van der Waals surface area contributed by atoms with E-state index in [1.54, 1.807) is 11.3 Å². The van der Waals surface area contributed by atoms with E-state index in [4.69, 9.17) is 0 Å². The van der Waals surface area contributed by atoms with Crippen LogP contribution < -0.4 is 0 Å². The third kappa shape index (κ3) is 1.23. The predicted octanol–water partition coefficient (Wildman–Crippen LogP) is 2.83. The second-order valence-corrected chi connectivity index (χ2v) is 3.97. The van der Waals surface area contributed by atoms with E-state index in [2.05, 4.69) is 0 Å². The third-order valence-corrected chi connectivity index (χ3v) is 3.40. The number of carbonyl (C=O) groups is 1. The monoisotopic (exact) mass is 166 g/mol. The number of rotatable bonds is 2. The first-order valence-electron chi connectivity index (χ1n) is 3.94. The molecule has 1 aromatic rings. The molecule has 1 aliphatic rings. The van der Waals surface area contributed by atoms with Crippen LogP contribution in [0.2, 0.25) is 0 Å². The van der Waals surface area contributed by atoms with Crippen LogP contribution in [0.15, 0.2) is 11.4 Å². The molecule has 0 aromatic carbocycles. The van der Waals surface area contributed by atoms with E-state index in [9.17, 15) is 4.79 Å². The van der Waals surface area contributed by atoms with Crippen LogP contribution in [0.5, 0.6) is 0 Å². The Balaban J connectivity index is 2.17. The Bertz CT molecular complexity index is 260. The van der Waals surface area contributed by atoms with Crippen molar-refractivity contribution in [3.63, 3.8) is 0 Å². The van der Waals surface area contributed by atoms with Gasteiger partial charge in [0.25, 0.3) is 0 Å². The zero-order chi connectivity index (χ0) is 7.68. The molecule has 0 amide bonds. The zero-order valence-electron chi connectivity index (χ0n) is 6.25. The molecule has 58 valence electrons. The standard InChI is InChI=1S/C9H10OS/c10-5-7-4-9(11-6-7)8-2-1-3-8/h4-6,8H,1-3H2. The Hall–Kier alpha value is -0.630. The third-order valence-electron chi connectivity index (χ3n) is 2.28. The highest BCUT2D eigenvalue weighted by atomic mass is 32.1. The number of hydrogen-bond acceptors (Lipinski definition) is 2. The molecule has 1 heterocycles. The Kier molecular flexibility index (Phi) is 1.78. The van der Waals surface area contributed by atoms with Gasteiger partial charge in [0, 0.05) is 15.8 Å². The molecule has 0 unspecified atom stereocenters. The summed E-state index contributed by atoms with van der Waals surface area (Å²) in [6.07, 6.45) is 4.93. The highest BCUT2D eigenvalue weighted by molar-refractivity contribution is 7.10. The summed E-state index contributed by atoms with van der Waals surface area (Å²) in [6.45, 7) is 0. The Labute approximate surface area is 70.1 Å². The average molecular weight is 166 g/mol. The van der Waals surface area contributed by atoms with Crippen molar-refractivity contribution in [1.82, 2.24) is 0 Å². The highest BCUT2D eigenvalue weighted by Crippen LogP contribution is 2.39.